The van der Waals surface area contributed by atoms with Crippen molar-refractivity contribution in [3.63, 3.8) is 0 Å². The molecule has 0 atom stereocenters. The minimum absolute atomic E-state index is 0.839. The van der Waals surface area contributed by atoms with Gasteiger partial charge in [-0.15, -0.1) is 0 Å². The van der Waals surface area contributed by atoms with E-state index in [1.165, 1.54) is 45.3 Å². The van der Waals surface area contributed by atoms with Crippen LogP contribution >= 0.6 is 0 Å². The lowest BCUT2D eigenvalue weighted by Gasteiger charge is -2.23. The second-order valence-electron chi connectivity index (χ2n) is 4.49. The van der Waals surface area contributed by atoms with Gasteiger partial charge in [0.1, 0.15) is 0 Å². The largest absolute Gasteiger partial charge is 0.330 e. The van der Waals surface area contributed by atoms with Crippen molar-refractivity contribution >= 4 is 0 Å². The highest BCUT2D eigenvalue weighted by atomic mass is 15.2. The topological polar surface area (TPSA) is 32.5 Å². The predicted molar refractivity (Wildman–Crippen MR) is 68.2 cm³/mol. The molecule has 0 aromatic heterocycles. The average Bonchev–Trinajstić information content (AvgIpc) is 2.20. The van der Waals surface area contributed by atoms with Crippen LogP contribution in [-0.2, 0) is 0 Å². The van der Waals surface area contributed by atoms with E-state index in [0.717, 1.165) is 13.1 Å². The maximum Gasteiger partial charge on any atom is 0.0109 e. The van der Waals surface area contributed by atoms with E-state index in [1.54, 1.807) is 0 Å². The van der Waals surface area contributed by atoms with Gasteiger partial charge in [0.05, 0.1) is 0 Å². The quantitative estimate of drug-likeness (QED) is 0.559. The Kier molecular flexibility index (Phi) is 10.3. The van der Waals surface area contributed by atoms with E-state index in [1.807, 2.05) is 0 Å². The van der Waals surface area contributed by atoms with Crippen molar-refractivity contribution in [2.75, 3.05) is 46.8 Å². The molecule has 0 amide bonds. The van der Waals surface area contributed by atoms with Crippen LogP contribution in [0.15, 0.2) is 0 Å². The van der Waals surface area contributed by atoms with Gasteiger partial charge >= 0.3 is 0 Å². The van der Waals surface area contributed by atoms with Crippen LogP contribution in [0.4, 0.5) is 0 Å². The number of hydrogen-bond acceptors (Lipinski definition) is 3. The van der Waals surface area contributed by atoms with Crippen molar-refractivity contribution in [2.45, 2.75) is 32.6 Å². The van der Waals surface area contributed by atoms with Gasteiger partial charge in [-0.25, -0.2) is 0 Å². The van der Waals surface area contributed by atoms with E-state index in [9.17, 15) is 0 Å². The van der Waals surface area contributed by atoms with Crippen LogP contribution in [-0.4, -0.2) is 56.6 Å². The maximum atomic E-state index is 5.48. The summed E-state index contributed by atoms with van der Waals surface area (Å²) < 4.78 is 0. The fourth-order valence-corrected chi connectivity index (χ4v) is 1.65. The van der Waals surface area contributed by atoms with Crippen LogP contribution in [0.25, 0.3) is 0 Å². The molecule has 92 valence electrons. The molecule has 0 heterocycles. The van der Waals surface area contributed by atoms with E-state index in [2.05, 4.69) is 30.8 Å². The van der Waals surface area contributed by atoms with Crippen LogP contribution in [0.5, 0.6) is 0 Å². The molecule has 0 fully saturated rings. The molecular formula is C12H29N3. The molecule has 0 aromatic rings. The molecule has 0 unspecified atom stereocenters. The second kappa shape index (κ2) is 10.4. The standard InChI is InChI=1S/C12H29N3/c1-4-9-15(12-11-14(2)3)10-7-5-6-8-13/h4-13H2,1-3H3. The van der Waals surface area contributed by atoms with Gasteiger partial charge < -0.3 is 15.5 Å². The first-order valence-electron chi connectivity index (χ1n) is 6.27. The Morgan fingerprint density at radius 2 is 1.60 bits per heavy atom. The lowest BCUT2D eigenvalue weighted by molar-refractivity contribution is 0.237. The first-order chi connectivity index (χ1) is 7.20. The van der Waals surface area contributed by atoms with Gasteiger partial charge in [-0.3, -0.25) is 0 Å². The molecule has 0 rings (SSSR count). The van der Waals surface area contributed by atoms with E-state index < -0.39 is 0 Å². The summed E-state index contributed by atoms with van der Waals surface area (Å²) in [5.41, 5.74) is 5.48. The number of hydrogen-bond donors (Lipinski definition) is 1. The maximum absolute atomic E-state index is 5.48. The number of nitrogens with zero attached hydrogens (tertiary/aromatic N) is 2. The predicted octanol–water partition coefficient (Wildman–Crippen LogP) is 1.39. The Morgan fingerprint density at radius 3 is 2.13 bits per heavy atom. The third-order valence-corrected chi connectivity index (χ3v) is 2.58. The Bertz CT molecular complexity index is 126. The average molecular weight is 215 g/mol. The summed E-state index contributed by atoms with van der Waals surface area (Å²) in [7, 11) is 4.27. The number of likely N-dealkylation sites (N-methyl/N-ethyl adjacent to an activating group) is 1. The zero-order valence-corrected chi connectivity index (χ0v) is 10.8. The normalized spacial score (nSPS) is 11.6. The van der Waals surface area contributed by atoms with Crippen molar-refractivity contribution in [1.82, 2.24) is 9.80 Å². The third kappa shape index (κ3) is 10.2. The number of rotatable bonds is 10. The molecule has 0 saturated heterocycles. The Labute approximate surface area is 95.6 Å². The van der Waals surface area contributed by atoms with Gasteiger partial charge in [0.15, 0.2) is 0 Å². The lowest BCUT2D eigenvalue weighted by atomic mass is 10.2. The fourth-order valence-electron chi connectivity index (χ4n) is 1.65. The van der Waals surface area contributed by atoms with Crippen molar-refractivity contribution in [3.05, 3.63) is 0 Å². The van der Waals surface area contributed by atoms with Gasteiger partial charge in [-0.1, -0.05) is 13.3 Å². The lowest BCUT2D eigenvalue weighted by Crippen LogP contribution is -2.33. The monoisotopic (exact) mass is 215 g/mol. The molecule has 3 nitrogen and oxygen atoms in total. The smallest absolute Gasteiger partial charge is 0.0109 e. The van der Waals surface area contributed by atoms with E-state index in [0.29, 0.717) is 0 Å². The van der Waals surface area contributed by atoms with Crippen LogP contribution in [0, 0.1) is 0 Å². The third-order valence-electron chi connectivity index (χ3n) is 2.58. The van der Waals surface area contributed by atoms with Crippen LogP contribution < -0.4 is 5.73 Å². The van der Waals surface area contributed by atoms with Gasteiger partial charge in [-0.05, 0) is 53.0 Å². The molecule has 0 aliphatic carbocycles. The van der Waals surface area contributed by atoms with E-state index in [-0.39, 0.29) is 0 Å². The van der Waals surface area contributed by atoms with Gasteiger partial charge in [-0.2, -0.15) is 0 Å². The summed E-state index contributed by atoms with van der Waals surface area (Å²) in [5.74, 6) is 0. The molecule has 2 N–H and O–H groups in total. The molecule has 0 aromatic carbocycles. The summed E-state index contributed by atoms with van der Waals surface area (Å²) in [5, 5.41) is 0. The van der Waals surface area contributed by atoms with Gasteiger partial charge in [0, 0.05) is 13.1 Å². The van der Waals surface area contributed by atoms with Crippen LogP contribution in [0.1, 0.15) is 32.6 Å². The Balaban J connectivity index is 3.53. The molecule has 0 spiro atoms. The summed E-state index contributed by atoms with van der Waals surface area (Å²) in [4.78, 5) is 4.82. The van der Waals surface area contributed by atoms with Crippen molar-refractivity contribution in [1.29, 1.82) is 0 Å². The minimum atomic E-state index is 0.839. The zero-order valence-electron chi connectivity index (χ0n) is 10.8. The molecule has 0 aliphatic heterocycles. The van der Waals surface area contributed by atoms with Crippen LogP contribution in [0.2, 0.25) is 0 Å². The van der Waals surface area contributed by atoms with Crippen molar-refractivity contribution < 1.29 is 0 Å². The van der Waals surface area contributed by atoms with E-state index in [4.69, 9.17) is 5.73 Å². The molecule has 3 heteroatoms. The van der Waals surface area contributed by atoms with E-state index >= 15 is 0 Å². The highest BCUT2D eigenvalue weighted by Gasteiger charge is 2.03. The number of nitrogens with two attached hydrogens (primary N) is 1. The molecular weight excluding hydrogens is 186 g/mol. The zero-order chi connectivity index (χ0) is 11.5. The molecule has 0 saturated carbocycles. The number of unbranched alkanes of at least 4 members (excludes halogenated alkanes) is 2. The van der Waals surface area contributed by atoms with Gasteiger partial charge in [0.2, 0.25) is 0 Å². The van der Waals surface area contributed by atoms with Crippen LogP contribution in [0.3, 0.4) is 0 Å². The highest BCUT2D eigenvalue weighted by Crippen LogP contribution is 1.99. The second-order valence-corrected chi connectivity index (χ2v) is 4.49. The molecule has 0 aliphatic rings. The molecule has 0 bridgehead atoms. The SMILES string of the molecule is CCCN(CCCCCN)CCN(C)C. The van der Waals surface area contributed by atoms with Crippen molar-refractivity contribution in [3.8, 4) is 0 Å². The first-order valence-corrected chi connectivity index (χ1v) is 6.27. The molecule has 15 heavy (non-hydrogen) atoms. The Hall–Kier alpha value is -0.120. The summed E-state index contributed by atoms with van der Waals surface area (Å²) in [6.07, 6.45) is 5.00. The fraction of sp³-hybridized carbons (Fsp3) is 1.00. The Morgan fingerprint density at radius 1 is 0.867 bits per heavy atom. The summed E-state index contributed by atoms with van der Waals surface area (Å²) in [6.45, 7) is 7.92. The summed E-state index contributed by atoms with van der Waals surface area (Å²) >= 11 is 0. The van der Waals surface area contributed by atoms with Gasteiger partial charge in [0.25, 0.3) is 0 Å². The minimum Gasteiger partial charge on any atom is -0.330 e. The van der Waals surface area contributed by atoms with Crippen molar-refractivity contribution in [2.24, 2.45) is 5.73 Å². The first kappa shape index (κ1) is 14.9. The summed E-state index contributed by atoms with van der Waals surface area (Å²) in [6, 6.07) is 0. The molecule has 0 radical (unpaired) electrons. The highest BCUT2D eigenvalue weighted by molar-refractivity contribution is 4.59.